The third-order valence-electron chi connectivity index (χ3n) is 7.19. The van der Waals surface area contributed by atoms with Crippen LogP contribution in [0.25, 0.3) is 0 Å². The minimum Gasteiger partial charge on any atom is -0.396 e. The largest absolute Gasteiger partial charge is 0.417 e. The van der Waals surface area contributed by atoms with Crippen molar-refractivity contribution in [3.8, 4) is 6.07 Å². The topological polar surface area (TPSA) is 67.6 Å². The maximum atomic E-state index is 13.4. The van der Waals surface area contributed by atoms with Crippen molar-refractivity contribution in [1.29, 1.82) is 5.26 Å². The summed E-state index contributed by atoms with van der Waals surface area (Å²) in [5, 5.41) is 19.3. The minimum absolute atomic E-state index is 0.0719. The van der Waals surface area contributed by atoms with Gasteiger partial charge in [-0.3, -0.25) is 4.79 Å². The Labute approximate surface area is 174 Å². The zero-order valence-corrected chi connectivity index (χ0v) is 16.8. The van der Waals surface area contributed by atoms with Gasteiger partial charge in [-0.2, -0.15) is 18.4 Å². The Kier molecular flexibility index (Phi) is 5.43. The third kappa shape index (κ3) is 3.64. The highest BCUT2D eigenvalue weighted by Gasteiger charge is 2.51. The number of fused-ring (bicyclic) bond motifs is 1. The Bertz CT molecular complexity index is 860. The molecule has 5 nitrogen and oxygen atoms in total. The molecule has 0 unspecified atom stereocenters. The Morgan fingerprint density at radius 3 is 2.60 bits per heavy atom. The average Bonchev–Trinajstić information content (AvgIpc) is 3.40. The van der Waals surface area contributed by atoms with E-state index in [0.717, 1.165) is 38.2 Å². The lowest BCUT2D eigenvalue weighted by atomic mass is 9.73. The first-order valence-corrected chi connectivity index (χ1v) is 10.5. The molecule has 2 saturated heterocycles. The summed E-state index contributed by atoms with van der Waals surface area (Å²) in [6, 6.07) is 5.39. The van der Waals surface area contributed by atoms with Crippen molar-refractivity contribution in [2.75, 3.05) is 37.7 Å². The number of aliphatic hydroxyl groups is 1. The van der Waals surface area contributed by atoms with Gasteiger partial charge < -0.3 is 14.9 Å². The van der Waals surface area contributed by atoms with Crippen LogP contribution in [0, 0.1) is 28.6 Å². The van der Waals surface area contributed by atoms with Crippen LogP contribution in [-0.4, -0.2) is 48.7 Å². The summed E-state index contributed by atoms with van der Waals surface area (Å²) in [7, 11) is 0. The number of carbonyl (C=O) groups excluding carboxylic acids is 1. The van der Waals surface area contributed by atoms with Crippen LogP contribution in [0.15, 0.2) is 18.2 Å². The molecule has 162 valence electrons. The first-order valence-electron chi connectivity index (χ1n) is 10.5. The molecule has 3 fully saturated rings. The normalized spacial score (nSPS) is 27.2. The number of aliphatic hydroxyl groups excluding tert-OH is 1. The van der Waals surface area contributed by atoms with Gasteiger partial charge >= 0.3 is 6.18 Å². The summed E-state index contributed by atoms with van der Waals surface area (Å²) < 4.78 is 40.1. The lowest BCUT2D eigenvalue weighted by molar-refractivity contribution is -0.140. The summed E-state index contributed by atoms with van der Waals surface area (Å²) >= 11 is 0. The van der Waals surface area contributed by atoms with E-state index in [2.05, 4.69) is 0 Å². The van der Waals surface area contributed by atoms with Gasteiger partial charge in [-0.1, -0.05) is 12.8 Å². The second-order valence-electron chi connectivity index (χ2n) is 8.97. The molecule has 0 spiro atoms. The minimum atomic E-state index is -4.60. The van der Waals surface area contributed by atoms with E-state index in [4.69, 9.17) is 5.26 Å². The van der Waals surface area contributed by atoms with Gasteiger partial charge in [0.1, 0.15) is 0 Å². The highest BCUT2D eigenvalue weighted by molar-refractivity contribution is 5.79. The number of amides is 1. The first kappa shape index (κ1) is 21.0. The number of piperidine rings is 1. The van der Waals surface area contributed by atoms with Crippen LogP contribution in [0.5, 0.6) is 0 Å². The van der Waals surface area contributed by atoms with Gasteiger partial charge in [-0.25, -0.2) is 0 Å². The standard InChI is InChI=1S/C22H26F3N3O2/c23-22(24,25)19-9-18(6-5-16(19)10-26)28-11-17-7-8-27(12-21(17,13-28)14-29)20(30)15-3-1-2-4-15/h5-6,9,15,17,29H,1-4,7-8,11-14H2/t17-,21+/m0/s1. The first-order chi connectivity index (χ1) is 14.3. The highest BCUT2D eigenvalue weighted by Crippen LogP contribution is 2.45. The molecule has 1 aromatic carbocycles. The van der Waals surface area contributed by atoms with Gasteiger partial charge in [0, 0.05) is 43.2 Å². The van der Waals surface area contributed by atoms with E-state index in [0.29, 0.717) is 31.9 Å². The molecule has 30 heavy (non-hydrogen) atoms. The fraction of sp³-hybridized carbons (Fsp3) is 0.636. The van der Waals surface area contributed by atoms with Gasteiger partial charge in [0.2, 0.25) is 5.91 Å². The van der Waals surface area contributed by atoms with Crippen molar-refractivity contribution in [1.82, 2.24) is 4.90 Å². The lowest BCUT2D eigenvalue weighted by Gasteiger charge is -2.43. The molecule has 1 amide bonds. The fourth-order valence-corrected chi connectivity index (χ4v) is 5.49. The number of nitriles is 1. The predicted molar refractivity (Wildman–Crippen MR) is 105 cm³/mol. The third-order valence-corrected chi connectivity index (χ3v) is 7.19. The summed E-state index contributed by atoms with van der Waals surface area (Å²) in [5.74, 6) is 0.345. The zero-order valence-electron chi connectivity index (χ0n) is 16.8. The quantitative estimate of drug-likeness (QED) is 0.812. The van der Waals surface area contributed by atoms with Crippen molar-refractivity contribution < 1.29 is 23.1 Å². The number of alkyl halides is 3. The average molecular weight is 421 g/mol. The highest BCUT2D eigenvalue weighted by atomic mass is 19.4. The molecule has 4 rings (SSSR count). The van der Waals surface area contributed by atoms with Crippen molar-refractivity contribution in [2.45, 2.75) is 38.3 Å². The van der Waals surface area contributed by atoms with E-state index >= 15 is 0 Å². The van der Waals surface area contributed by atoms with Gasteiger partial charge in [-0.05, 0) is 43.4 Å². The second kappa shape index (κ2) is 7.77. The van der Waals surface area contributed by atoms with E-state index in [1.807, 2.05) is 9.80 Å². The summed E-state index contributed by atoms with van der Waals surface area (Å²) in [5.41, 5.74) is -1.46. The number of carbonyl (C=O) groups is 1. The number of benzene rings is 1. The van der Waals surface area contributed by atoms with E-state index in [9.17, 15) is 23.1 Å². The SMILES string of the molecule is N#Cc1ccc(N2C[C@@H]3CCN(C(=O)C4CCCC4)C[C@]3(CO)C2)cc1C(F)(F)F. The predicted octanol–water partition coefficient (Wildman–Crippen LogP) is 3.41. The number of hydrogen-bond donors (Lipinski definition) is 1. The van der Waals surface area contributed by atoms with Crippen LogP contribution in [0.1, 0.15) is 43.2 Å². The van der Waals surface area contributed by atoms with E-state index in [1.165, 1.54) is 12.1 Å². The fourth-order valence-electron chi connectivity index (χ4n) is 5.49. The van der Waals surface area contributed by atoms with Gasteiger partial charge in [0.15, 0.2) is 0 Å². The van der Waals surface area contributed by atoms with Gasteiger partial charge in [-0.15, -0.1) is 0 Å². The van der Waals surface area contributed by atoms with Crippen molar-refractivity contribution >= 4 is 11.6 Å². The molecule has 2 aliphatic heterocycles. The smallest absolute Gasteiger partial charge is 0.396 e. The van der Waals surface area contributed by atoms with Gasteiger partial charge in [0.25, 0.3) is 0 Å². The molecule has 2 atom stereocenters. The molecule has 2 heterocycles. The molecule has 1 aliphatic carbocycles. The molecule has 0 radical (unpaired) electrons. The maximum Gasteiger partial charge on any atom is 0.417 e. The molecule has 0 bridgehead atoms. The van der Waals surface area contributed by atoms with E-state index in [1.54, 1.807) is 6.07 Å². The molecule has 1 N–H and O–H groups in total. The van der Waals surface area contributed by atoms with Crippen molar-refractivity contribution in [2.24, 2.45) is 17.3 Å². The second-order valence-corrected chi connectivity index (χ2v) is 8.97. The van der Waals surface area contributed by atoms with Crippen molar-refractivity contribution in [3.05, 3.63) is 29.3 Å². The van der Waals surface area contributed by atoms with Crippen LogP contribution in [-0.2, 0) is 11.0 Å². The van der Waals surface area contributed by atoms with Gasteiger partial charge in [0.05, 0.1) is 23.8 Å². The Morgan fingerprint density at radius 1 is 1.23 bits per heavy atom. The van der Waals surface area contributed by atoms with E-state index < -0.39 is 22.7 Å². The molecular weight excluding hydrogens is 395 g/mol. The lowest BCUT2D eigenvalue weighted by Crippen LogP contribution is -2.53. The number of anilines is 1. The molecule has 3 aliphatic rings. The van der Waals surface area contributed by atoms with Crippen LogP contribution in [0.2, 0.25) is 0 Å². The molecule has 0 aromatic heterocycles. The molecule has 1 saturated carbocycles. The zero-order chi connectivity index (χ0) is 21.5. The maximum absolute atomic E-state index is 13.4. The Balaban J connectivity index is 1.56. The number of halogens is 3. The Hall–Kier alpha value is -2.27. The molecular formula is C22H26F3N3O2. The van der Waals surface area contributed by atoms with Crippen LogP contribution in [0.3, 0.4) is 0 Å². The van der Waals surface area contributed by atoms with Crippen LogP contribution >= 0.6 is 0 Å². The summed E-state index contributed by atoms with van der Waals surface area (Å²) in [4.78, 5) is 16.6. The molecule has 1 aromatic rings. The number of hydrogen-bond acceptors (Lipinski definition) is 4. The number of nitrogens with zero attached hydrogens (tertiary/aromatic N) is 3. The number of rotatable bonds is 3. The van der Waals surface area contributed by atoms with Crippen LogP contribution < -0.4 is 4.90 Å². The summed E-state index contributed by atoms with van der Waals surface area (Å²) in [6.45, 7) is 1.91. The van der Waals surface area contributed by atoms with E-state index in [-0.39, 0.29) is 24.3 Å². The van der Waals surface area contributed by atoms with Crippen LogP contribution in [0.4, 0.5) is 18.9 Å². The summed E-state index contributed by atoms with van der Waals surface area (Å²) in [6.07, 6.45) is 0.119. The molecule has 8 heteroatoms. The Morgan fingerprint density at radius 2 is 1.97 bits per heavy atom. The number of likely N-dealkylation sites (tertiary alicyclic amines) is 1. The monoisotopic (exact) mass is 421 g/mol. The van der Waals surface area contributed by atoms with Crippen molar-refractivity contribution in [3.63, 3.8) is 0 Å².